The molecule has 0 spiro atoms. The maximum atomic E-state index is 14.1. The maximum absolute atomic E-state index is 14.1. The van der Waals surface area contributed by atoms with Crippen molar-refractivity contribution in [2.24, 2.45) is 5.73 Å². The molecule has 3 nitrogen and oxygen atoms in total. The van der Waals surface area contributed by atoms with Gasteiger partial charge < -0.3 is 10.5 Å². The molecule has 0 saturated carbocycles. The molecule has 7 heteroatoms. The van der Waals surface area contributed by atoms with Gasteiger partial charge in [-0.2, -0.15) is 0 Å². The lowest BCUT2D eigenvalue weighted by Gasteiger charge is -2.11. The molecular formula is C14H9F4NO2. The predicted octanol–water partition coefficient (Wildman–Crippen LogP) is 3.49. The Balaban J connectivity index is 2.46. The van der Waals surface area contributed by atoms with Crippen LogP contribution in [0.4, 0.5) is 17.6 Å². The summed E-state index contributed by atoms with van der Waals surface area (Å²) in [5.74, 6) is -2.34. The SMILES string of the molecule is NC(=O)c1cccc(-c2cccc(OC(F)(F)F)c2)c1F. The van der Waals surface area contributed by atoms with E-state index in [9.17, 15) is 22.4 Å². The van der Waals surface area contributed by atoms with Crippen molar-refractivity contribution < 1.29 is 27.1 Å². The highest BCUT2D eigenvalue weighted by molar-refractivity contribution is 5.94. The largest absolute Gasteiger partial charge is 0.573 e. The molecule has 1 amide bonds. The minimum absolute atomic E-state index is 0.0427. The Morgan fingerprint density at radius 2 is 1.76 bits per heavy atom. The van der Waals surface area contributed by atoms with E-state index in [0.717, 1.165) is 12.1 Å². The number of benzene rings is 2. The molecule has 2 rings (SSSR count). The van der Waals surface area contributed by atoms with E-state index in [2.05, 4.69) is 4.74 Å². The Labute approximate surface area is 116 Å². The zero-order valence-corrected chi connectivity index (χ0v) is 10.4. The van der Waals surface area contributed by atoms with Crippen molar-refractivity contribution >= 4 is 5.91 Å². The zero-order valence-electron chi connectivity index (χ0n) is 10.4. The molecule has 2 aromatic rings. The summed E-state index contributed by atoms with van der Waals surface area (Å²) in [5.41, 5.74) is 4.78. The van der Waals surface area contributed by atoms with Crippen molar-refractivity contribution in [3.05, 3.63) is 53.8 Å². The van der Waals surface area contributed by atoms with Gasteiger partial charge in [-0.1, -0.05) is 24.3 Å². The van der Waals surface area contributed by atoms with Gasteiger partial charge in [0.05, 0.1) is 5.56 Å². The van der Waals surface area contributed by atoms with Crippen LogP contribution in [0.25, 0.3) is 11.1 Å². The van der Waals surface area contributed by atoms with Gasteiger partial charge in [0.25, 0.3) is 5.91 Å². The molecule has 0 bridgehead atoms. The van der Waals surface area contributed by atoms with Gasteiger partial charge in [-0.05, 0) is 23.8 Å². The average Bonchev–Trinajstić information content (AvgIpc) is 2.36. The number of nitrogens with two attached hydrogens (primary N) is 1. The maximum Gasteiger partial charge on any atom is 0.573 e. The highest BCUT2D eigenvalue weighted by Crippen LogP contribution is 2.30. The molecule has 0 saturated heterocycles. The number of hydrogen-bond donors (Lipinski definition) is 1. The number of primary amides is 1. The van der Waals surface area contributed by atoms with Gasteiger partial charge in [-0.15, -0.1) is 13.2 Å². The summed E-state index contributed by atoms with van der Waals surface area (Å²) < 4.78 is 54.4. The quantitative estimate of drug-likeness (QED) is 0.882. The number of hydrogen-bond acceptors (Lipinski definition) is 2. The van der Waals surface area contributed by atoms with E-state index >= 15 is 0 Å². The zero-order chi connectivity index (χ0) is 15.6. The van der Waals surface area contributed by atoms with E-state index in [1.54, 1.807) is 0 Å². The molecule has 110 valence electrons. The van der Waals surface area contributed by atoms with E-state index in [1.165, 1.54) is 30.3 Å². The second kappa shape index (κ2) is 5.43. The summed E-state index contributed by atoms with van der Waals surface area (Å²) in [6.07, 6.45) is -4.84. The highest BCUT2D eigenvalue weighted by Gasteiger charge is 2.31. The van der Waals surface area contributed by atoms with Crippen molar-refractivity contribution in [3.8, 4) is 16.9 Å². The second-order valence-electron chi connectivity index (χ2n) is 4.11. The summed E-state index contributed by atoms with van der Waals surface area (Å²) in [5, 5.41) is 0. The molecule has 0 aliphatic carbocycles. The van der Waals surface area contributed by atoms with Crippen LogP contribution in [0.2, 0.25) is 0 Å². The number of halogens is 4. The topological polar surface area (TPSA) is 52.3 Å². The lowest BCUT2D eigenvalue weighted by Crippen LogP contribution is -2.17. The van der Waals surface area contributed by atoms with Crippen LogP contribution in [-0.4, -0.2) is 12.3 Å². The van der Waals surface area contributed by atoms with Crippen LogP contribution in [0.3, 0.4) is 0 Å². The molecule has 0 atom stereocenters. The Hall–Kier alpha value is -2.57. The fraction of sp³-hybridized carbons (Fsp3) is 0.0714. The summed E-state index contributed by atoms with van der Waals surface area (Å²) >= 11 is 0. The first-order valence-electron chi connectivity index (χ1n) is 5.72. The normalized spacial score (nSPS) is 11.2. The first-order chi connectivity index (χ1) is 9.78. The Morgan fingerprint density at radius 1 is 1.10 bits per heavy atom. The summed E-state index contributed by atoms with van der Waals surface area (Å²) in [7, 11) is 0. The minimum atomic E-state index is -4.84. The highest BCUT2D eigenvalue weighted by atomic mass is 19.4. The van der Waals surface area contributed by atoms with E-state index in [0.29, 0.717) is 0 Å². The standard InChI is InChI=1S/C14H9F4NO2/c15-12-10(5-2-6-11(12)13(19)20)8-3-1-4-9(7-8)21-14(16,17)18/h1-7H,(H2,19,20). The summed E-state index contributed by atoms with van der Waals surface area (Å²) in [6, 6.07) is 8.70. The van der Waals surface area contributed by atoms with Crippen LogP contribution in [-0.2, 0) is 0 Å². The third kappa shape index (κ3) is 3.50. The van der Waals surface area contributed by atoms with Crippen LogP contribution < -0.4 is 10.5 Å². The smallest absolute Gasteiger partial charge is 0.406 e. The van der Waals surface area contributed by atoms with E-state index in [1.807, 2.05) is 0 Å². The first kappa shape index (κ1) is 14.8. The summed E-state index contributed by atoms with van der Waals surface area (Å²) in [6.45, 7) is 0. The molecule has 0 heterocycles. The van der Waals surface area contributed by atoms with Gasteiger partial charge in [-0.25, -0.2) is 4.39 Å². The van der Waals surface area contributed by atoms with E-state index in [-0.39, 0.29) is 16.7 Å². The number of ether oxygens (including phenoxy) is 1. The van der Waals surface area contributed by atoms with Crippen LogP contribution >= 0.6 is 0 Å². The van der Waals surface area contributed by atoms with Gasteiger partial charge in [0, 0.05) is 5.56 Å². The summed E-state index contributed by atoms with van der Waals surface area (Å²) in [4.78, 5) is 11.1. The molecule has 0 aliphatic rings. The van der Waals surface area contributed by atoms with Gasteiger partial charge in [0.2, 0.25) is 0 Å². The Bertz CT molecular complexity index is 683. The van der Waals surface area contributed by atoms with Crippen molar-refractivity contribution in [1.82, 2.24) is 0 Å². The van der Waals surface area contributed by atoms with E-state index in [4.69, 9.17) is 5.73 Å². The van der Waals surface area contributed by atoms with Crippen molar-refractivity contribution in [2.75, 3.05) is 0 Å². The monoisotopic (exact) mass is 299 g/mol. The molecule has 0 fully saturated rings. The molecule has 2 N–H and O–H groups in total. The molecular weight excluding hydrogens is 290 g/mol. The van der Waals surface area contributed by atoms with Gasteiger partial charge in [0.15, 0.2) is 0 Å². The molecule has 21 heavy (non-hydrogen) atoms. The van der Waals surface area contributed by atoms with Gasteiger partial charge in [-0.3, -0.25) is 4.79 Å². The van der Waals surface area contributed by atoms with Gasteiger partial charge in [0.1, 0.15) is 11.6 Å². The molecule has 2 aromatic carbocycles. The van der Waals surface area contributed by atoms with Crippen molar-refractivity contribution in [3.63, 3.8) is 0 Å². The lowest BCUT2D eigenvalue weighted by atomic mass is 10.0. The third-order valence-electron chi connectivity index (χ3n) is 2.64. The second-order valence-corrected chi connectivity index (χ2v) is 4.11. The number of carbonyl (C=O) groups excluding carboxylic acids is 1. The van der Waals surface area contributed by atoms with Crippen molar-refractivity contribution in [2.45, 2.75) is 6.36 Å². The van der Waals surface area contributed by atoms with Crippen LogP contribution in [0.1, 0.15) is 10.4 Å². The predicted molar refractivity (Wildman–Crippen MR) is 67.0 cm³/mol. The van der Waals surface area contributed by atoms with Gasteiger partial charge >= 0.3 is 6.36 Å². The number of carbonyl (C=O) groups is 1. The average molecular weight is 299 g/mol. The minimum Gasteiger partial charge on any atom is -0.406 e. The number of alkyl halides is 3. The Morgan fingerprint density at radius 3 is 2.38 bits per heavy atom. The van der Waals surface area contributed by atoms with Crippen LogP contribution in [0.15, 0.2) is 42.5 Å². The fourth-order valence-electron chi connectivity index (χ4n) is 1.81. The fourth-order valence-corrected chi connectivity index (χ4v) is 1.81. The van der Waals surface area contributed by atoms with Crippen molar-refractivity contribution in [1.29, 1.82) is 0 Å². The molecule has 0 radical (unpaired) electrons. The first-order valence-corrected chi connectivity index (χ1v) is 5.72. The molecule has 0 aromatic heterocycles. The Kier molecular flexibility index (Phi) is 3.84. The van der Waals surface area contributed by atoms with Crippen LogP contribution in [0, 0.1) is 5.82 Å². The lowest BCUT2D eigenvalue weighted by molar-refractivity contribution is -0.274. The number of amides is 1. The van der Waals surface area contributed by atoms with E-state index < -0.39 is 23.8 Å². The molecule has 0 unspecified atom stereocenters. The number of rotatable bonds is 3. The van der Waals surface area contributed by atoms with Crippen LogP contribution in [0.5, 0.6) is 5.75 Å². The third-order valence-corrected chi connectivity index (χ3v) is 2.64. The molecule has 0 aliphatic heterocycles.